The molecule has 2 aromatic rings. The van der Waals surface area contributed by atoms with Gasteiger partial charge in [-0.3, -0.25) is 4.79 Å². The lowest BCUT2D eigenvalue weighted by Crippen LogP contribution is -2.39. The molecule has 0 saturated carbocycles. The molecule has 0 bridgehead atoms. The molecule has 0 saturated heterocycles. The number of amides is 1. The van der Waals surface area contributed by atoms with Crippen LogP contribution in [0.2, 0.25) is 0 Å². The summed E-state index contributed by atoms with van der Waals surface area (Å²) in [7, 11) is -1.06. The van der Waals surface area contributed by atoms with E-state index in [0.717, 1.165) is 23.3 Å². The fraction of sp³-hybridized carbons (Fsp3) is 0.350. The maximum atomic E-state index is 14.3. The first-order valence-corrected chi connectivity index (χ1v) is 10.5. The van der Waals surface area contributed by atoms with Crippen molar-refractivity contribution >= 4 is 15.9 Å². The van der Waals surface area contributed by atoms with E-state index in [2.05, 4.69) is 0 Å². The van der Waals surface area contributed by atoms with Crippen molar-refractivity contribution in [2.45, 2.75) is 31.2 Å². The summed E-state index contributed by atoms with van der Waals surface area (Å²) in [5, 5.41) is 5.13. The van der Waals surface area contributed by atoms with Crippen LogP contribution in [0.4, 0.5) is 4.39 Å². The molecule has 1 aliphatic rings. The Balaban J connectivity index is 2.03. The third-order valence-electron chi connectivity index (χ3n) is 5.32. The van der Waals surface area contributed by atoms with E-state index < -0.39 is 26.6 Å². The number of hydrogen-bond donors (Lipinski definition) is 1. The molecule has 0 radical (unpaired) electrons. The van der Waals surface area contributed by atoms with Gasteiger partial charge in [0.1, 0.15) is 5.82 Å². The van der Waals surface area contributed by atoms with Crippen LogP contribution in [0.3, 0.4) is 0 Å². The molecule has 1 amide bonds. The molecule has 29 heavy (non-hydrogen) atoms. The number of carbonyl (C=O) groups is 1. The van der Waals surface area contributed by atoms with Crippen molar-refractivity contribution < 1.29 is 27.1 Å². The van der Waals surface area contributed by atoms with E-state index in [1.54, 1.807) is 12.0 Å². The number of carbonyl (C=O) groups excluding carboxylic acids is 1. The van der Waals surface area contributed by atoms with Gasteiger partial charge in [0.05, 0.1) is 25.2 Å². The van der Waals surface area contributed by atoms with Crippen LogP contribution in [0.5, 0.6) is 11.5 Å². The van der Waals surface area contributed by atoms with E-state index >= 15 is 0 Å². The van der Waals surface area contributed by atoms with E-state index in [9.17, 15) is 17.6 Å². The monoisotopic (exact) mass is 422 g/mol. The summed E-state index contributed by atoms with van der Waals surface area (Å²) >= 11 is 0. The van der Waals surface area contributed by atoms with Gasteiger partial charge in [0.15, 0.2) is 11.5 Å². The zero-order valence-electron chi connectivity index (χ0n) is 16.7. The van der Waals surface area contributed by atoms with E-state index in [4.69, 9.17) is 14.6 Å². The topological polar surface area (TPSA) is 98.9 Å². The van der Waals surface area contributed by atoms with E-state index in [-0.39, 0.29) is 17.2 Å². The number of hydrogen-bond acceptors (Lipinski definition) is 5. The lowest BCUT2D eigenvalue weighted by Gasteiger charge is -2.36. The van der Waals surface area contributed by atoms with Crippen molar-refractivity contribution in [2.75, 3.05) is 20.8 Å². The first-order valence-electron chi connectivity index (χ1n) is 8.97. The average Bonchev–Trinajstić information content (AvgIpc) is 2.68. The molecule has 1 unspecified atom stereocenters. The third kappa shape index (κ3) is 3.79. The molecule has 2 N–H and O–H groups in total. The summed E-state index contributed by atoms with van der Waals surface area (Å²) < 4.78 is 48.3. The van der Waals surface area contributed by atoms with Crippen LogP contribution >= 0.6 is 0 Å². The lowest BCUT2D eigenvalue weighted by atomic mass is 9.92. The van der Waals surface area contributed by atoms with Gasteiger partial charge < -0.3 is 14.4 Å². The van der Waals surface area contributed by atoms with Crippen LogP contribution in [-0.2, 0) is 16.4 Å². The number of primary sulfonamides is 1. The average molecular weight is 422 g/mol. The molecule has 2 aromatic carbocycles. The Bertz CT molecular complexity index is 1080. The number of nitrogens with zero attached hydrogens (tertiary/aromatic N) is 1. The van der Waals surface area contributed by atoms with Crippen LogP contribution in [0.15, 0.2) is 29.2 Å². The highest BCUT2D eigenvalue weighted by molar-refractivity contribution is 7.89. The smallest absolute Gasteiger partial charge is 0.254 e. The lowest BCUT2D eigenvalue weighted by molar-refractivity contribution is 0.0675. The maximum absolute atomic E-state index is 14.3. The number of nitrogens with two attached hydrogens (primary N) is 1. The van der Waals surface area contributed by atoms with Crippen molar-refractivity contribution in [3.05, 3.63) is 52.3 Å². The van der Waals surface area contributed by atoms with Gasteiger partial charge in [-0.2, -0.15) is 0 Å². The Hall–Kier alpha value is -2.65. The largest absolute Gasteiger partial charge is 0.493 e. The van der Waals surface area contributed by atoms with Crippen LogP contribution < -0.4 is 14.6 Å². The Morgan fingerprint density at radius 2 is 1.79 bits per heavy atom. The second kappa shape index (κ2) is 7.64. The number of halogens is 1. The second-order valence-electron chi connectivity index (χ2n) is 6.95. The standard InChI is InChI=1S/C20H23FN2O5S/c1-11-15(8-14(9-17(11)21)29(22,25)26)20(24)23-6-5-13-7-18(27-3)19(28-4)10-16(13)12(23)2/h7-10,12H,5-6H2,1-4H3,(H2,22,25,26). The van der Waals surface area contributed by atoms with Gasteiger partial charge in [0.25, 0.3) is 5.91 Å². The van der Waals surface area contributed by atoms with Crippen molar-refractivity contribution in [1.29, 1.82) is 0 Å². The van der Waals surface area contributed by atoms with Crippen LogP contribution in [0.1, 0.15) is 40.0 Å². The minimum Gasteiger partial charge on any atom is -0.493 e. The number of benzene rings is 2. The first-order chi connectivity index (χ1) is 13.6. The normalized spacial score (nSPS) is 16.3. The zero-order chi connectivity index (χ0) is 21.5. The summed E-state index contributed by atoms with van der Waals surface area (Å²) in [6.45, 7) is 3.69. The van der Waals surface area contributed by atoms with Crippen LogP contribution in [0, 0.1) is 12.7 Å². The second-order valence-corrected chi connectivity index (χ2v) is 8.51. The Morgan fingerprint density at radius 1 is 1.17 bits per heavy atom. The van der Waals surface area contributed by atoms with Gasteiger partial charge in [-0.25, -0.2) is 17.9 Å². The summed E-state index contributed by atoms with van der Waals surface area (Å²) in [6.07, 6.45) is 0.572. The molecule has 9 heteroatoms. The molecular formula is C20H23FN2O5S. The minimum atomic E-state index is -4.15. The fourth-order valence-electron chi connectivity index (χ4n) is 3.62. The SMILES string of the molecule is COc1cc2c(cc1OC)C(C)N(C(=O)c1cc(S(N)(=O)=O)cc(F)c1C)CC2. The molecule has 3 rings (SSSR count). The molecule has 1 heterocycles. The molecule has 156 valence electrons. The Labute approximate surface area is 169 Å². The molecule has 1 aliphatic heterocycles. The highest BCUT2D eigenvalue weighted by Crippen LogP contribution is 2.38. The first kappa shape index (κ1) is 21.1. The number of ether oxygens (including phenoxy) is 2. The molecule has 0 aromatic heterocycles. The van der Waals surface area contributed by atoms with E-state index in [1.165, 1.54) is 14.0 Å². The zero-order valence-corrected chi connectivity index (χ0v) is 17.5. The summed E-state index contributed by atoms with van der Waals surface area (Å²) in [4.78, 5) is 14.4. The van der Waals surface area contributed by atoms with Gasteiger partial charge in [-0.15, -0.1) is 0 Å². The molecule has 0 aliphatic carbocycles. The van der Waals surface area contributed by atoms with Crippen molar-refractivity contribution in [2.24, 2.45) is 5.14 Å². The highest BCUT2D eigenvalue weighted by atomic mass is 32.2. The number of methoxy groups -OCH3 is 2. The van der Waals surface area contributed by atoms with Crippen LogP contribution in [-0.4, -0.2) is 40.0 Å². The van der Waals surface area contributed by atoms with Gasteiger partial charge in [-0.1, -0.05) is 0 Å². The molecule has 1 atom stereocenters. The van der Waals surface area contributed by atoms with Gasteiger partial charge in [0.2, 0.25) is 10.0 Å². The predicted octanol–water partition coefficient (Wildman–Crippen LogP) is 2.56. The minimum absolute atomic E-state index is 0.0233. The van der Waals surface area contributed by atoms with Crippen molar-refractivity contribution in [3.63, 3.8) is 0 Å². The van der Waals surface area contributed by atoms with Gasteiger partial charge >= 0.3 is 0 Å². The fourth-order valence-corrected chi connectivity index (χ4v) is 4.17. The number of fused-ring (bicyclic) bond motifs is 1. The van der Waals surface area contributed by atoms with E-state index in [1.807, 2.05) is 19.1 Å². The maximum Gasteiger partial charge on any atom is 0.254 e. The van der Waals surface area contributed by atoms with Gasteiger partial charge in [-0.05, 0) is 61.2 Å². The molecule has 0 spiro atoms. The summed E-state index contributed by atoms with van der Waals surface area (Å²) in [5.41, 5.74) is 1.97. The quantitative estimate of drug-likeness (QED) is 0.816. The Kier molecular flexibility index (Phi) is 5.55. The van der Waals surface area contributed by atoms with Crippen molar-refractivity contribution in [1.82, 2.24) is 4.90 Å². The molecule has 0 fully saturated rings. The third-order valence-corrected chi connectivity index (χ3v) is 6.22. The number of rotatable bonds is 4. The summed E-state index contributed by atoms with van der Waals surface area (Å²) in [5.74, 6) is -0.0981. The summed E-state index contributed by atoms with van der Waals surface area (Å²) in [6, 6.07) is 5.35. The molecule has 7 nitrogen and oxygen atoms in total. The van der Waals surface area contributed by atoms with Crippen LogP contribution in [0.25, 0.3) is 0 Å². The predicted molar refractivity (Wildman–Crippen MR) is 105 cm³/mol. The van der Waals surface area contributed by atoms with Gasteiger partial charge in [0, 0.05) is 12.1 Å². The highest BCUT2D eigenvalue weighted by Gasteiger charge is 2.31. The van der Waals surface area contributed by atoms with Crippen molar-refractivity contribution in [3.8, 4) is 11.5 Å². The Morgan fingerprint density at radius 3 is 2.38 bits per heavy atom. The molecular weight excluding hydrogens is 399 g/mol. The number of sulfonamides is 1. The van der Waals surface area contributed by atoms with E-state index in [0.29, 0.717) is 24.5 Å².